The number of carbonyl (C=O) groups excluding carboxylic acids is 2. The lowest BCUT2D eigenvalue weighted by atomic mass is 10.1. The van der Waals surface area contributed by atoms with E-state index in [-0.39, 0.29) is 18.2 Å². The second-order valence-corrected chi connectivity index (χ2v) is 9.29. The Hall–Kier alpha value is -2.70. The Labute approximate surface area is 191 Å². The van der Waals surface area contributed by atoms with Gasteiger partial charge in [0, 0.05) is 42.0 Å². The smallest absolute Gasteiger partial charge is 0.251 e. The van der Waals surface area contributed by atoms with Crippen molar-refractivity contribution in [1.82, 2.24) is 15.2 Å². The van der Waals surface area contributed by atoms with Crippen LogP contribution in [0.2, 0.25) is 5.02 Å². The third-order valence-electron chi connectivity index (χ3n) is 5.15. The van der Waals surface area contributed by atoms with Gasteiger partial charge in [0.15, 0.2) is 0 Å². The van der Waals surface area contributed by atoms with Crippen LogP contribution in [0.1, 0.15) is 45.0 Å². The van der Waals surface area contributed by atoms with Crippen molar-refractivity contribution in [3.8, 4) is 0 Å². The predicted molar refractivity (Wildman–Crippen MR) is 123 cm³/mol. The van der Waals surface area contributed by atoms with Crippen LogP contribution in [0.5, 0.6) is 0 Å². The average molecular weight is 454 g/mol. The van der Waals surface area contributed by atoms with Crippen molar-refractivity contribution in [1.29, 1.82) is 0 Å². The molecule has 0 bridgehead atoms. The van der Waals surface area contributed by atoms with E-state index in [0.717, 1.165) is 34.7 Å². The molecule has 1 aliphatic carbocycles. The summed E-state index contributed by atoms with van der Waals surface area (Å²) in [6.07, 6.45) is 3.11. The van der Waals surface area contributed by atoms with Gasteiger partial charge in [-0.2, -0.15) is 0 Å². The van der Waals surface area contributed by atoms with Crippen LogP contribution in [0, 0.1) is 0 Å². The molecule has 1 saturated carbocycles. The fourth-order valence-corrected chi connectivity index (χ4v) is 4.28. The fourth-order valence-electron chi connectivity index (χ4n) is 3.24. The first kappa shape index (κ1) is 21.5. The van der Waals surface area contributed by atoms with Crippen LogP contribution in [-0.2, 0) is 24.2 Å². The molecule has 0 atom stereocenters. The summed E-state index contributed by atoms with van der Waals surface area (Å²) in [6.45, 7) is 0.489. The van der Waals surface area contributed by atoms with Crippen molar-refractivity contribution in [3.63, 3.8) is 0 Å². The Balaban J connectivity index is 1.29. The third kappa shape index (κ3) is 6.15. The highest BCUT2D eigenvalue weighted by Crippen LogP contribution is 2.20. The molecule has 1 heterocycles. The van der Waals surface area contributed by atoms with Gasteiger partial charge in [0.1, 0.15) is 0 Å². The van der Waals surface area contributed by atoms with E-state index in [1.54, 1.807) is 23.3 Å². The molecule has 4 rings (SSSR count). The normalized spacial score (nSPS) is 13.1. The number of rotatable bonds is 8. The van der Waals surface area contributed by atoms with Gasteiger partial charge in [-0.3, -0.25) is 9.59 Å². The van der Waals surface area contributed by atoms with Crippen molar-refractivity contribution in [2.45, 2.75) is 38.3 Å². The lowest BCUT2D eigenvalue weighted by molar-refractivity contribution is -0.129. The zero-order valence-electron chi connectivity index (χ0n) is 17.3. The Morgan fingerprint density at radius 1 is 1.16 bits per heavy atom. The molecule has 7 heteroatoms. The van der Waals surface area contributed by atoms with E-state index in [9.17, 15) is 9.59 Å². The first-order chi connectivity index (χ1) is 15.0. The monoisotopic (exact) mass is 453 g/mol. The van der Waals surface area contributed by atoms with Crippen LogP contribution in [0.15, 0.2) is 53.9 Å². The van der Waals surface area contributed by atoms with Crippen LogP contribution in [0.4, 0.5) is 0 Å². The highest BCUT2D eigenvalue weighted by Gasteiger charge is 2.23. The highest BCUT2D eigenvalue weighted by atomic mass is 35.5. The minimum Gasteiger partial charge on any atom is -0.349 e. The summed E-state index contributed by atoms with van der Waals surface area (Å²) in [4.78, 5) is 31.0. The summed E-state index contributed by atoms with van der Waals surface area (Å²) in [5.41, 5.74) is 3.52. The summed E-state index contributed by atoms with van der Waals surface area (Å²) in [6, 6.07) is 15.5. The van der Waals surface area contributed by atoms with Crippen LogP contribution in [-0.4, -0.2) is 34.8 Å². The number of nitrogens with one attached hydrogen (secondary N) is 1. The number of halogens is 1. The van der Waals surface area contributed by atoms with Gasteiger partial charge in [-0.1, -0.05) is 35.9 Å². The average Bonchev–Trinajstić information content (AvgIpc) is 3.46. The summed E-state index contributed by atoms with van der Waals surface area (Å²) >= 11 is 7.60. The maximum Gasteiger partial charge on any atom is 0.251 e. The minimum atomic E-state index is -0.0319. The van der Waals surface area contributed by atoms with Gasteiger partial charge in [0.25, 0.3) is 5.91 Å². The molecule has 2 amide bonds. The summed E-state index contributed by atoms with van der Waals surface area (Å²) in [5.74, 6) is -0.0225. The lowest BCUT2D eigenvalue weighted by Crippen LogP contribution is -2.28. The summed E-state index contributed by atoms with van der Waals surface area (Å²) in [5, 5.41) is 6.60. The molecular formula is C24H24ClN3O2S. The van der Waals surface area contributed by atoms with Gasteiger partial charge in [-0.05, 0) is 48.2 Å². The van der Waals surface area contributed by atoms with Crippen LogP contribution >= 0.6 is 22.9 Å². The maximum atomic E-state index is 12.6. The molecule has 0 radical (unpaired) electrons. The topological polar surface area (TPSA) is 62.3 Å². The molecular weight excluding hydrogens is 430 g/mol. The van der Waals surface area contributed by atoms with E-state index in [0.29, 0.717) is 29.6 Å². The number of hydrogen-bond donors (Lipinski definition) is 1. The quantitative estimate of drug-likeness (QED) is 0.547. The molecule has 1 N–H and O–H groups in total. The highest BCUT2D eigenvalue weighted by molar-refractivity contribution is 7.09. The van der Waals surface area contributed by atoms with Crippen LogP contribution in [0.25, 0.3) is 0 Å². The summed E-state index contributed by atoms with van der Waals surface area (Å²) < 4.78 is 0. The Morgan fingerprint density at radius 2 is 1.94 bits per heavy atom. The van der Waals surface area contributed by atoms with Gasteiger partial charge >= 0.3 is 0 Å². The van der Waals surface area contributed by atoms with Gasteiger partial charge < -0.3 is 10.2 Å². The first-order valence-corrected chi connectivity index (χ1v) is 11.5. The number of nitrogens with zero attached hydrogens (tertiary/aromatic N) is 2. The standard InChI is InChI=1S/C24H24ClN3O2S/c1-28(14-16-5-7-18(8-6-16)24(30)27-20-9-10-20)23(29)13-21-15-31-22(26-21)12-17-3-2-4-19(25)11-17/h2-8,11,15,20H,9-10,12-14H2,1H3,(H,27,30). The number of benzene rings is 2. The molecule has 3 aromatic rings. The van der Waals surface area contributed by atoms with Gasteiger partial charge in [0.2, 0.25) is 5.91 Å². The van der Waals surface area contributed by atoms with Crippen molar-refractivity contribution >= 4 is 34.8 Å². The molecule has 31 heavy (non-hydrogen) atoms. The molecule has 2 aromatic carbocycles. The Morgan fingerprint density at radius 3 is 2.65 bits per heavy atom. The number of amides is 2. The van der Waals surface area contributed by atoms with E-state index >= 15 is 0 Å². The van der Waals surface area contributed by atoms with Crippen molar-refractivity contribution < 1.29 is 9.59 Å². The molecule has 5 nitrogen and oxygen atoms in total. The molecule has 0 spiro atoms. The zero-order chi connectivity index (χ0) is 21.8. The molecule has 160 valence electrons. The predicted octanol–water partition coefficient (Wildman–Crippen LogP) is 4.48. The molecule has 0 saturated heterocycles. The molecule has 0 unspecified atom stereocenters. The van der Waals surface area contributed by atoms with E-state index in [1.807, 2.05) is 53.9 Å². The Kier molecular flexibility index (Phi) is 6.68. The molecule has 1 aromatic heterocycles. The number of carbonyl (C=O) groups is 2. The van der Waals surface area contributed by atoms with Crippen LogP contribution in [0.3, 0.4) is 0 Å². The summed E-state index contributed by atoms with van der Waals surface area (Å²) in [7, 11) is 1.79. The van der Waals surface area contributed by atoms with Crippen molar-refractivity contribution in [3.05, 3.63) is 86.3 Å². The maximum absolute atomic E-state index is 12.6. The first-order valence-electron chi connectivity index (χ1n) is 10.3. The second kappa shape index (κ2) is 9.62. The molecule has 1 fully saturated rings. The number of hydrogen-bond acceptors (Lipinski definition) is 4. The van der Waals surface area contributed by atoms with Crippen LogP contribution < -0.4 is 5.32 Å². The third-order valence-corrected chi connectivity index (χ3v) is 6.28. The lowest BCUT2D eigenvalue weighted by Gasteiger charge is -2.17. The zero-order valence-corrected chi connectivity index (χ0v) is 18.9. The van der Waals surface area contributed by atoms with Crippen molar-refractivity contribution in [2.75, 3.05) is 7.05 Å². The van der Waals surface area contributed by atoms with E-state index in [2.05, 4.69) is 10.3 Å². The van der Waals surface area contributed by atoms with E-state index < -0.39 is 0 Å². The van der Waals surface area contributed by atoms with Gasteiger partial charge in [0.05, 0.1) is 17.1 Å². The number of thiazole rings is 1. The molecule has 0 aliphatic heterocycles. The molecule has 1 aliphatic rings. The van der Waals surface area contributed by atoms with E-state index in [1.165, 1.54) is 0 Å². The minimum absolute atomic E-state index is 0.00941. The van der Waals surface area contributed by atoms with Gasteiger partial charge in [-0.25, -0.2) is 4.98 Å². The second-order valence-electron chi connectivity index (χ2n) is 7.91. The SMILES string of the molecule is CN(Cc1ccc(C(=O)NC2CC2)cc1)C(=O)Cc1csc(Cc2cccc(Cl)c2)n1. The van der Waals surface area contributed by atoms with Crippen molar-refractivity contribution in [2.24, 2.45) is 0 Å². The number of likely N-dealkylation sites (N-methyl/N-ethyl adjacent to an activating group) is 1. The van der Waals surface area contributed by atoms with E-state index in [4.69, 9.17) is 11.6 Å². The fraction of sp³-hybridized carbons (Fsp3) is 0.292. The largest absolute Gasteiger partial charge is 0.349 e. The van der Waals surface area contributed by atoms with Gasteiger partial charge in [-0.15, -0.1) is 11.3 Å². The number of aromatic nitrogens is 1. The Bertz CT molecular complexity index is 1080.